The Labute approximate surface area is 266 Å². The van der Waals surface area contributed by atoms with Gasteiger partial charge in [-0.3, -0.25) is 14.5 Å². The molecular weight excluding hydrogens is 642 g/mol. The number of thioether (sulfide) groups is 1. The number of benzene rings is 3. The average Bonchev–Trinajstić information content (AvgIpc) is 3.62. The fourth-order valence-corrected chi connectivity index (χ4v) is 5.58. The number of anilines is 1. The summed E-state index contributed by atoms with van der Waals surface area (Å²) in [6, 6.07) is 19.9. The number of phenols is 1. The quantitative estimate of drug-likeness (QED) is 0.123. The highest BCUT2D eigenvalue weighted by Gasteiger charge is 2.34. The van der Waals surface area contributed by atoms with E-state index in [0.717, 1.165) is 11.8 Å². The number of halogens is 1. The van der Waals surface area contributed by atoms with Crippen LogP contribution in [0.2, 0.25) is 5.02 Å². The number of nitrogens with zero attached hydrogens (tertiary/aromatic N) is 3. The summed E-state index contributed by atoms with van der Waals surface area (Å²) < 4.78 is 34.1. The van der Waals surface area contributed by atoms with Crippen LogP contribution in [0.5, 0.6) is 11.5 Å². The van der Waals surface area contributed by atoms with Crippen molar-refractivity contribution in [2.24, 2.45) is 15.3 Å². The molecule has 12 nitrogen and oxygen atoms in total. The first-order chi connectivity index (χ1) is 21.5. The molecule has 0 radical (unpaired) electrons. The molecule has 3 aromatic carbocycles. The summed E-state index contributed by atoms with van der Waals surface area (Å²) in [6.45, 7) is -0.278. The highest BCUT2D eigenvalue weighted by Crippen LogP contribution is 2.36. The zero-order chi connectivity index (χ0) is 32.0. The van der Waals surface area contributed by atoms with Gasteiger partial charge in [0.1, 0.15) is 17.3 Å². The van der Waals surface area contributed by atoms with Crippen LogP contribution in [0.1, 0.15) is 16.9 Å². The van der Waals surface area contributed by atoms with Crippen molar-refractivity contribution in [1.29, 1.82) is 0 Å². The van der Waals surface area contributed by atoms with E-state index >= 15 is 0 Å². The Morgan fingerprint density at radius 1 is 1.11 bits per heavy atom. The number of nitrogens with two attached hydrogens (primary N) is 1. The number of nitrogens with one attached hydrogen (secondary N) is 1. The molecule has 0 spiro atoms. The molecule has 15 heteroatoms. The largest absolute Gasteiger partial charge is 0.508 e. The molecular formula is C30H24ClN5O7S2. The fourth-order valence-electron chi connectivity index (χ4n) is 3.96. The number of sulfonamides is 1. The summed E-state index contributed by atoms with van der Waals surface area (Å²) in [6.07, 6.45) is 4.58. The van der Waals surface area contributed by atoms with Crippen molar-refractivity contribution in [3.05, 3.63) is 112 Å². The summed E-state index contributed by atoms with van der Waals surface area (Å²) in [5.41, 5.74) is 1.49. The Hall–Kier alpha value is -4.89. The van der Waals surface area contributed by atoms with Crippen LogP contribution in [0, 0.1) is 0 Å². The van der Waals surface area contributed by atoms with Gasteiger partial charge in [0, 0.05) is 16.3 Å². The number of primary sulfonamides is 1. The summed E-state index contributed by atoms with van der Waals surface area (Å²) >= 11 is 7.34. The van der Waals surface area contributed by atoms with Crippen LogP contribution in [0.3, 0.4) is 0 Å². The zero-order valence-corrected chi connectivity index (χ0v) is 25.6. The standard InChI is InChI=1S/C30H24ClN5O7S2/c31-21-5-12-26(43-18-28(38)34-22-6-10-25(11-7-22)45(32,40)41)20(14-21)15-27-29(39)36(17-24-2-1-13-42-24)30(44-27)35-33-16-19-3-8-23(37)9-4-19/h1-16,37H,17-18H2,(H,34,38)(H2,32,40,41)/b27-15-,33-16-,35-30+. The molecule has 230 valence electrons. The highest BCUT2D eigenvalue weighted by atomic mass is 35.5. The van der Waals surface area contributed by atoms with Crippen molar-refractivity contribution in [1.82, 2.24) is 4.90 Å². The van der Waals surface area contributed by atoms with Gasteiger partial charge in [0.25, 0.3) is 11.8 Å². The van der Waals surface area contributed by atoms with Crippen LogP contribution in [-0.4, -0.2) is 48.2 Å². The Bertz CT molecular complexity index is 1910. The van der Waals surface area contributed by atoms with Gasteiger partial charge in [0.15, 0.2) is 11.8 Å². The smallest absolute Gasteiger partial charge is 0.267 e. The van der Waals surface area contributed by atoms with Crippen molar-refractivity contribution >= 4 is 68.3 Å². The minimum Gasteiger partial charge on any atom is -0.508 e. The van der Waals surface area contributed by atoms with Crippen LogP contribution in [0.4, 0.5) is 5.69 Å². The van der Waals surface area contributed by atoms with E-state index in [-0.39, 0.29) is 35.5 Å². The lowest BCUT2D eigenvalue weighted by molar-refractivity contribution is -0.122. The molecule has 4 aromatic rings. The van der Waals surface area contributed by atoms with E-state index in [1.165, 1.54) is 53.8 Å². The Balaban J connectivity index is 1.34. The van der Waals surface area contributed by atoms with Gasteiger partial charge in [0.2, 0.25) is 10.0 Å². The van der Waals surface area contributed by atoms with Gasteiger partial charge in [-0.05, 0) is 102 Å². The molecule has 4 N–H and O–H groups in total. The third kappa shape index (κ3) is 8.39. The lowest BCUT2D eigenvalue weighted by Crippen LogP contribution is -2.28. The maximum absolute atomic E-state index is 13.5. The van der Waals surface area contributed by atoms with Crippen molar-refractivity contribution in [2.75, 3.05) is 11.9 Å². The summed E-state index contributed by atoms with van der Waals surface area (Å²) in [7, 11) is -3.86. The first kappa shape index (κ1) is 31.5. The monoisotopic (exact) mass is 665 g/mol. The molecule has 0 aliphatic carbocycles. The second kappa shape index (κ2) is 13.8. The van der Waals surface area contributed by atoms with Gasteiger partial charge in [-0.2, -0.15) is 5.10 Å². The van der Waals surface area contributed by atoms with Gasteiger partial charge in [-0.1, -0.05) is 11.6 Å². The first-order valence-corrected chi connectivity index (χ1v) is 15.8. The number of aromatic hydroxyl groups is 1. The molecule has 1 aliphatic heterocycles. The number of hydrogen-bond acceptors (Lipinski definition) is 10. The van der Waals surface area contributed by atoms with E-state index in [9.17, 15) is 23.1 Å². The molecule has 1 fully saturated rings. The molecule has 5 rings (SSSR count). The number of carbonyl (C=O) groups is 2. The van der Waals surface area contributed by atoms with Crippen molar-refractivity contribution < 1.29 is 32.3 Å². The SMILES string of the molecule is NS(=O)(=O)c1ccc(NC(=O)COc2ccc(Cl)cc2/C=C2\S/C(=N/N=C\c3ccc(O)cc3)N(Cc3ccco3)C2=O)cc1. The lowest BCUT2D eigenvalue weighted by Gasteiger charge is -2.13. The van der Waals surface area contributed by atoms with Gasteiger partial charge in [-0.15, -0.1) is 5.10 Å². The van der Waals surface area contributed by atoms with Crippen molar-refractivity contribution in [3.63, 3.8) is 0 Å². The normalized spacial score (nSPS) is 15.3. The number of ether oxygens (including phenoxy) is 1. The molecule has 2 heterocycles. The Kier molecular flexibility index (Phi) is 9.68. The minimum absolute atomic E-state index is 0.0880. The van der Waals surface area contributed by atoms with E-state index in [0.29, 0.717) is 37.7 Å². The molecule has 0 saturated carbocycles. The fraction of sp³-hybridized carbons (Fsp3) is 0.0667. The van der Waals surface area contributed by atoms with E-state index in [4.69, 9.17) is 25.9 Å². The molecule has 1 aliphatic rings. The molecule has 0 unspecified atom stereocenters. The second-order valence-electron chi connectivity index (χ2n) is 9.39. The van der Waals surface area contributed by atoms with E-state index in [1.54, 1.807) is 48.5 Å². The maximum Gasteiger partial charge on any atom is 0.267 e. The molecule has 1 aromatic heterocycles. The predicted octanol–water partition coefficient (Wildman–Crippen LogP) is 4.81. The predicted molar refractivity (Wildman–Crippen MR) is 171 cm³/mol. The van der Waals surface area contributed by atoms with Gasteiger partial charge < -0.3 is 19.6 Å². The molecule has 45 heavy (non-hydrogen) atoms. The van der Waals surface area contributed by atoms with Crippen LogP contribution in [0.25, 0.3) is 6.08 Å². The molecule has 0 bridgehead atoms. The average molecular weight is 666 g/mol. The maximum atomic E-state index is 13.5. The first-order valence-electron chi connectivity index (χ1n) is 13.0. The van der Waals surface area contributed by atoms with Gasteiger partial charge >= 0.3 is 0 Å². The number of phenolic OH excluding ortho intramolecular Hbond substituents is 1. The number of amidine groups is 1. The zero-order valence-electron chi connectivity index (χ0n) is 23.2. The summed E-state index contributed by atoms with van der Waals surface area (Å²) in [4.78, 5) is 27.7. The minimum atomic E-state index is -3.86. The van der Waals surface area contributed by atoms with E-state index < -0.39 is 15.9 Å². The third-order valence-corrected chi connectivity index (χ3v) is 8.27. The van der Waals surface area contributed by atoms with Crippen LogP contribution in [0.15, 0.2) is 110 Å². The highest BCUT2D eigenvalue weighted by molar-refractivity contribution is 8.18. The topological polar surface area (TPSA) is 177 Å². The van der Waals surface area contributed by atoms with Crippen molar-refractivity contribution in [2.45, 2.75) is 11.4 Å². The molecule has 1 saturated heterocycles. The number of furan rings is 1. The van der Waals surface area contributed by atoms with Gasteiger partial charge in [-0.25, -0.2) is 13.6 Å². The van der Waals surface area contributed by atoms with Gasteiger partial charge in [0.05, 0.1) is 28.8 Å². The second-order valence-corrected chi connectivity index (χ2v) is 12.4. The number of hydrogen-bond donors (Lipinski definition) is 3. The Morgan fingerprint density at radius 3 is 2.56 bits per heavy atom. The number of amides is 2. The van der Waals surface area contributed by atoms with Crippen molar-refractivity contribution in [3.8, 4) is 11.5 Å². The third-order valence-electron chi connectivity index (χ3n) is 6.11. The van der Waals surface area contributed by atoms with Crippen LogP contribution >= 0.6 is 23.4 Å². The number of rotatable bonds is 10. The van der Waals surface area contributed by atoms with E-state index in [2.05, 4.69) is 15.5 Å². The lowest BCUT2D eigenvalue weighted by atomic mass is 10.2. The number of carbonyl (C=O) groups excluding carboxylic acids is 2. The molecule has 2 amide bonds. The summed E-state index contributed by atoms with van der Waals surface area (Å²) in [5.74, 6) is 0.0770. The Morgan fingerprint density at radius 2 is 1.87 bits per heavy atom. The van der Waals surface area contributed by atoms with Crippen LogP contribution in [-0.2, 0) is 26.2 Å². The van der Waals surface area contributed by atoms with E-state index in [1.807, 2.05) is 0 Å². The van der Waals surface area contributed by atoms with Crippen LogP contribution < -0.4 is 15.2 Å². The molecule has 0 atom stereocenters. The summed E-state index contributed by atoms with van der Waals surface area (Å²) in [5, 5.41) is 26.3.